The molecule has 0 bridgehead atoms. The number of amides is 1. The number of benzene rings is 2. The third-order valence-electron chi connectivity index (χ3n) is 5.57. The van der Waals surface area contributed by atoms with Gasteiger partial charge in [0.15, 0.2) is 0 Å². The molecule has 1 fully saturated rings. The smallest absolute Gasteiger partial charge is 0.371 e. The van der Waals surface area contributed by atoms with E-state index >= 15 is 0 Å². The van der Waals surface area contributed by atoms with Crippen LogP contribution in [0.4, 0.5) is 26.3 Å². The van der Waals surface area contributed by atoms with Crippen LogP contribution in [-0.4, -0.2) is 18.6 Å². The van der Waals surface area contributed by atoms with E-state index in [1.165, 1.54) is 6.92 Å². The quantitative estimate of drug-likeness (QED) is 0.622. The minimum Gasteiger partial charge on any atom is -0.371 e. The second-order valence-electron chi connectivity index (χ2n) is 7.87. The summed E-state index contributed by atoms with van der Waals surface area (Å²) in [4.78, 5) is 12.3. The van der Waals surface area contributed by atoms with Crippen molar-refractivity contribution >= 4 is 5.91 Å². The average molecular weight is 460 g/mol. The van der Waals surface area contributed by atoms with Gasteiger partial charge in [0.1, 0.15) is 0 Å². The molecule has 174 valence electrons. The lowest BCUT2D eigenvalue weighted by Gasteiger charge is -2.41. The second kappa shape index (κ2) is 8.74. The molecule has 0 spiro atoms. The van der Waals surface area contributed by atoms with Crippen LogP contribution in [0.5, 0.6) is 0 Å². The molecule has 1 amide bonds. The van der Waals surface area contributed by atoms with Gasteiger partial charge in [0.25, 0.3) is 0 Å². The van der Waals surface area contributed by atoms with Crippen molar-refractivity contribution in [3.05, 3.63) is 70.8 Å². The van der Waals surface area contributed by atoms with Crippen LogP contribution in [0.25, 0.3) is 0 Å². The van der Waals surface area contributed by atoms with Crippen molar-refractivity contribution in [2.75, 3.05) is 6.61 Å². The molecule has 1 saturated heterocycles. The summed E-state index contributed by atoms with van der Waals surface area (Å²) >= 11 is 0. The van der Waals surface area contributed by atoms with Crippen LogP contribution in [-0.2, 0) is 27.4 Å². The molecule has 1 heterocycles. The topological polar surface area (TPSA) is 64.3 Å². The number of carbonyl (C=O) groups is 1. The van der Waals surface area contributed by atoms with Crippen molar-refractivity contribution in [3.8, 4) is 0 Å². The predicted octanol–water partition coefficient (Wildman–Crippen LogP) is 4.93. The van der Waals surface area contributed by atoms with Gasteiger partial charge in [-0.25, -0.2) is 0 Å². The summed E-state index contributed by atoms with van der Waals surface area (Å²) in [5, 5.41) is 2.83. The Morgan fingerprint density at radius 2 is 1.62 bits per heavy atom. The van der Waals surface area contributed by atoms with Crippen LogP contribution in [0.15, 0.2) is 48.5 Å². The van der Waals surface area contributed by atoms with E-state index in [9.17, 15) is 31.1 Å². The van der Waals surface area contributed by atoms with E-state index in [0.717, 1.165) is 0 Å². The van der Waals surface area contributed by atoms with Crippen molar-refractivity contribution in [2.45, 2.75) is 49.8 Å². The molecular weight excluding hydrogens is 438 g/mol. The molecule has 2 aromatic rings. The first kappa shape index (κ1) is 24.1. The molecule has 1 aliphatic heterocycles. The summed E-state index contributed by atoms with van der Waals surface area (Å²) in [6.45, 7) is 1.21. The van der Waals surface area contributed by atoms with E-state index in [1.807, 2.05) is 0 Å². The van der Waals surface area contributed by atoms with Gasteiger partial charge in [0.05, 0.1) is 35.4 Å². The lowest BCUT2D eigenvalue weighted by atomic mass is 9.81. The number of piperidine rings is 1. The molecule has 3 N–H and O–H groups in total. The zero-order valence-electron chi connectivity index (χ0n) is 17.1. The van der Waals surface area contributed by atoms with Gasteiger partial charge in [-0.1, -0.05) is 30.3 Å². The normalized spacial score (nSPS) is 23.0. The van der Waals surface area contributed by atoms with Gasteiger partial charge in [-0.2, -0.15) is 26.3 Å². The van der Waals surface area contributed by atoms with E-state index in [0.29, 0.717) is 30.5 Å². The summed E-state index contributed by atoms with van der Waals surface area (Å²) in [6.07, 6.45) is -10.3. The van der Waals surface area contributed by atoms with Crippen molar-refractivity contribution in [2.24, 2.45) is 5.73 Å². The number of halogens is 6. The summed E-state index contributed by atoms with van der Waals surface area (Å²) in [5.74, 6) is -0.408. The number of alkyl halides is 6. The SMILES string of the molecule is CC(OCC1(c2ccccc2)CCC(N)C(=O)N1)c1cc(C(F)(F)F)cc(C(F)(F)F)c1. The van der Waals surface area contributed by atoms with Crippen molar-refractivity contribution in [1.82, 2.24) is 5.32 Å². The highest BCUT2D eigenvalue weighted by atomic mass is 19.4. The molecule has 3 atom stereocenters. The number of nitrogens with two attached hydrogens (primary N) is 1. The predicted molar refractivity (Wildman–Crippen MR) is 104 cm³/mol. The molecule has 10 heteroatoms. The summed E-state index contributed by atoms with van der Waals surface area (Å²) < 4.78 is 84.8. The van der Waals surface area contributed by atoms with E-state index in [4.69, 9.17) is 10.5 Å². The van der Waals surface area contributed by atoms with E-state index < -0.39 is 47.1 Å². The first-order valence-corrected chi connectivity index (χ1v) is 9.86. The maximum absolute atomic E-state index is 13.2. The van der Waals surface area contributed by atoms with Crippen LogP contribution < -0.4 is 11.1 Å². The first-order chi connectivity index (χ1) is 14.8. The monoisotopic (exact) mass is 460 g/mol. The largest absolute Gasteiger partial charge is 0.416 e. The maximum Gasteiger partial charge on any atom is 0.416 e. The van der Waals surface area contributed by atoms with Crippen LogP contribution in [0.2, 0.25) is 0 Å². The molecule has 1 aliphatic rings. The van der Waals surface area contributed by atoms with Gasteiger partial charge < -0.3 is 15.8 Å². The standard InChI is InChI=1S/C22H22F6N2O2/c1-13(14-9-16(21(23,24)25)11-17(10-14)22(26,27)28)32-12-20(15-5-3-2-4-6-15)8-7-18(29)19(31)30-20/h2-6,9-11,13,18H,7-8,12,29H2,1H3,(H,30,31). The highest BCUT2D eigenvalue weighted by Crippen LogP contribution is 2.39. The molecule has 0 saturated carbocycles. The Morgan fingerprint density at radius 3 is 2.12 bits per heavy atom. The molecular formula is C22H22F6N2O2. The Kier molecular flexibility index (Phi) is 6.57. The maximum atomic E-state index is 13.2. The Balaban J connectivity index is 1.90. The zero-order valence-corrected chi connectivity index (χ0v) is 17.1. The number of ether oxygens (including phenoxy) is 1. The molecule has 4 nitrogen and oxygen atoms in total. The van der Waals surface area contributed by atoms with Crippen molar-refractivity contribution in [3.63, 3.8) is 0 Å². The van der Waals surface area contributed by atoms with Gasteiger partial charge in [-0.15, -0.1) is 0 Å². The van der Waals surface area contributed by atoms with Crippen LogP contribution in [0.1, 0.15) is 48.1 Å². The average Bonchev–Trinajstić information content (AvgIpc) is 2.73. The van der Waals surface area contributed by atoms with Gasteiger partial charge in [0.2, 0.25) is 5.91 Å². The number of hydrogen-bond donors (Lipinski definition) is 2. The summed E-state index contributed by atoms with van der Waals surface area (Å²) in [7, 11) is 0. The lowest BCUT2D eigenvalue weighted by molar-refractivity contribution is -0.143. The Hall–Kier alpha value is -2.59. The molecule has 0 radical (unpaired) electrons. The van der Waals surface area contributed by atoms with Gasteiger partial charge in [0, 0.05) is 0 Å². The molecule has 3 rings (SSSR count). The molecule has 0 aliphatic carbocycles. The third-order valence-corrected chi connectivity index (χ3v) is 5.57. The van der Waals surface area contributed by atoms with E-state index in [1.54, 1.807) is 30.3 Å². The lowest BCUT2D eigenvalue weighted by Crippen LogP contribution is -2.58. The van der Waals surface area contributed by atoms with Crippen molar-refractivity contribution < 1.29 is 35.9 Å². The molecule has 32 heavy (non-hydrogen) atoms. The first-order valence-electron chi connectivity index (χ1n) is 9.86. The van der Waals surface area contributed by atoms with Crippen LogP contribution in [0, 0.1) is 0 Å². The summed E-state index contributed by atoms with van der Waals surface area (Å²) in [5.41, 5.74) is 2.38. The van der Waals surface area contributed by atoms with Crippen LogP contribution >= 0.6 is 0 Å². The Labute approximate surface area is 180 Å². The molecule has 3 unspecified atom stereocenters. The highest BCUT2D eigenvalue weighted by molar-refractivity contribution is 5.83. The minimum atomic E-state index is -4.95. The molecule has 2 aromatic carbocycles. The number of hydrogen-bond acceptors (Lipinski definition) is 3. The minimum absolute atomic E-state index is 0.0738. The van der Waals surface area contributed by atoms with E-state index in [-0.39, 0.29) is 18.2 Å². The Morgan fingerprint density at radius 1 is 1.06 bits per heavy atom. The highest BCUT2D eigenvalue weighted by Gasteiger charge is 2.41. The third kappa shape index (κ3) is 5.24. The fourth-order valence-corrected chi connectivity index (χ4v) is 3.67. The fourth-order valence-electron chi connectivity index (χ4n) is 3.67. The zero-order chi connectivity index (χ0) is 23.7. The van der Waals surface area contributed by atoms with Gasteiger partial charge >= 0.3 is 12.4 Å². The number of carbonyl (C=O) groups excluding carboxylic acids is 1. The van der Waals surface area contributed by atoms with Gasteiger partial charge in [-0.3, -0.25) is 4.79 Å². The van der Waals surface area contributed by atoms with E-state index in [2.05, 4.69) is 5.32 Å². The number of nitrogens with one attached hydrogen (secondary N) is 1. The second-order valence-corrected chi connectivity index (χ2v) is 7.87. The van der Waals surface area contributed by atoms with Crippen LogP contribution in [0.3, 0.4) is 0 Å². The summed E-state index contributed by atoms with van der Waals surface area (Å²) in [6, 6.07) is 9.46. The fraction of sp³-hybridized carbons (Fsp3) is 0.409. The van der Waals surface area contributed by atoms with Gasteiger partial charge in [-0.05, 0) is 49.1 Å². The number of rotatable bonds is 5. The Bertz CT molecular complexity index is 929. The van der Waals surface area contributed by atoms with Crippen molar-refractivity contribution in [1.29, 1.82) is 0 Å². The molecule has 0 aromatic heterocycles.